The lowest BCUT2D eigenvalue weighted by Crippen LogP contribution is -2.48. The normalized spacial score (nSPS) is 14.6. The van der Waals surface area contributed by atoms with Gasteiger partial charge < -0.3 is 9.80 Å². The zero-order valence-corrected chi connectivity index (χ0v) is 16.5. The number of nitrogens with zero attached hydrogens (tertiary/aromatic N) is 3. The van der Waals surface area contributed by atoms with Gasteiger partial charge >= 0.3 is 6.03 Å². The van der Waals surface area contributed by atoms with Gasteiger partial charge in [0.05, 0.1) is 0 Å². The lowest BCUT2D eigenvalue weighted by atomic mass is 10.0. The minimum Gasteiger partial charge on any atom is -0.343 e. The van der Waals surface area contributed by atoms with E-state index in [1.54, 1.807) is 24.1 Å². The van der Waals surface area contributed by atoms with Crippen molar-refractivity contribution in [1.29, 1.82) is 0 Å². The summed E-state index contributed by atoms with van der Waals surface area (Å²) in [4.78, 5) is 31.9. The number of nitrogens with one attached hydrogen (secondary N) is 1. The summed E-state index contributed by atoms with van der Waals surface area (Å²) in [6, 6.07) is 6.25. The summed E-state index contributed by atoms with van der Waals surface area (Å²) in [5.41, 5.74) is 0.918. The van der Waals surface area contributed by atoms with Crippen LogP contribution in [0.25, 0.3) is 11.1 Å². The number of likely N-dealkylation sites (tertiary alicyclic amines) is 1. The maximum Gasteiger partial charge on any atom is 0.323 e. The third kappa shape index (κ3) is 5.07. The highest BCUT2D eigenvalue weighted by Crippen LogP contribution is 2.22. The molecule has 0 spiro atoms. The number of carbonyl (C=O) groups excluding carboxylic acids is 2. The van der Waals surface area contributed by atoms with Crippen molar-refractivity contribution in [3.63, 3.8) is 0 Å². The SMILES string of the molecule is CCC(=O)N1CCC(N(C)C(=O)Nc2ccc(-c3cc(F)cc(F)c3)cn2)CC1. The molecular weight excluding hydrogens is 378 g/mol. The van der Waals surface area contributed by atoms with Gasteiger partial charge in [0.2, 0.25) is 5.91 Å². The second kappa shape index (κ2) is 8.98. The Hall–Kier alpha value is -3.03. The largest absolute Gasteiger partial charge is 0.343 e. The van der Waals surface area contributed by atoms with E-state index in [9.17, 15) is 18.4 Å². The molecular formula is C21H24F2N4O2. The minimum absolute atomic E-state index is 0.0467. The molecule has 1 fully saturated rings. The number of anilines is 1. The molecule has 0 aliphatic carbocycles. The Morgan fingerprint density at radius 3 is 2.34 bits per heavy atom. The summed E-state index contributed by atoms with van der Waals surface area (Å²) >= 11 is 0. The molecule has 1 aromatic heterocycles. The molecule has 3 rings (SSSR count). The van der Waals surface area contributed by atoms with E-state index in [1.165, 1.54) is 18.3 Å². The van der Waals surface area contributed by atoms with Gasteiger partial charge in [-0.1, -0.05) is 6.92 Å². The predicted molar refractivity (Wildman–Crippen MR) is 106 cm³/mol. The highest BCUT2D eigenvalue weighted by atomic mass is 19.1. The molecule has 0 radical (unpaired) electrons. The van der Waals surface area contributed by atoms with Crippen molar-refractivity contribution in [3.8, 4) is 11.1 Å². The smallest absolute Gasteiger partial charge is 0.323 e. The molecule has 6 nitrogen and oxygen atoms in total. The zero-order chi connectivity index (χ0) is 21.0. The topological polar surface area (TPSA) is 65.5 Å². The van der Waals surface area contributed by atoms with Gasteiger partial charge in [0.25, 0.3) is 0 Å². The van der Waals surface area contributed by atoms with Gasteiger partial charge in [-0.05, 0) is 42.7 Å². The average Bonchev–Trinajstić information content (AvgIpc) is 2.72. The van der Waals surface area contributed by atoms with E-state index in [0.29, 0.717) is 36.5 Å². The van der Waals surface area contributed by atoms with E-state index >= 15 is 0 Å². The van der Waals surface area contributed by atoms with Crippen LogP contribution in [-0.2, 0) is 4.79 Å². The number of halogens is 2. The van der Waals surface area contributed by atoms with Crippen LogP contribution < -0.4 is 5.32 Å². The zero-order valence-electron chi connectivity index (χ0n) is 16.5. The molecule has 1 N–H and O–H groups in total. The Morgan fingerprint density at radius 2 is 1.79 bits per heavy atom. The van der Waals surface area contributed by atoms with Crippen molar-refractivity contribution < 1.29 is 18.4 Å². The molecule has 1 saturated heterocycles. The number of urea groups is 1. The van der Waals surface area contributed by atoms with E-state index in [0.717, 1.165) is 18.9 Å². The summed E-state index contributed by atoms with van der Waals surface area (Å²) in [6.45, 7) is 3.13. The summed E-state index contributed by atoms with van der Waals surface area (Å²) in [6.07, 6.45) is 3.41. The van der Waals surface area contributed by atoms with Crippen LogP contribution in [-0.4, -0.2) is 52.9 Å². The molecule has 2 heterocycles. The van der Waals surface area contributed by atoms with Gasteiger partial charge in [-0.2, -0.15) is 0 Å². The number of amides is 3. The van der Waals surface area contributed by atoms with Crippen LogP contribution in [0.15, 0.2) is 36.5 Å². The van der Waals surface area contributed by atoms with Crippen LogP contribution in [0.4, 0.5) is 19.4 Å². The molecule has 0 unspecified atom stereocenters. The van der Waals surface area contributed by atoms with Crippen LogP contribution >= 0.6 is 0 Å². The van der Waals surface area contributed by atoms with Crippen LogP contribution in [0, 0.1) is 11.6 Å². The van der Waals surface area contributed by atoms with Gasteiger partial charge in [0.1, 0.15) is 17.5 Å². The molecule has 8 heteroatoms. The second-order valence-electron chi connectivity index (χ2n) is 7.10. The molecule has 1 aliphatic rings. The molecule has 0 atom stereocenters. The number of pyridine rings is 1. The summed E-state index contributed by atoms with van der Waals surface area (Å²) < 4.78 is 26.7. The number of piperidine rings is 1. The Balaban J connectivity index is 1.58. The average molecular weight is 402 g/mol. The number of rotatable bonds is 4. The van der Waals surface area contributed by atoms with E-state index in [1.807, 2.05) is 11.8 Å². The van der Waals surface area contributed by atoms with Crippen LogP contribution in [0.3, 0.4) is 0 Å². The van der Waals surface area contributed by atoms with Crippen LogP contribution in [0.2, 0.25) is 0 Å². The first-order chi connectivity index (χ1) is 13.9. The van der Waals surface area contributed by atoms with Crippen molar-refractivity contribution in [2.75, 3.05) is 25.5 Å². The molecule has 154 valence electrons. The Labute approximate surface area is 168 Å². The Morgan fingerprint density at radius 1 is 1.14 bits per heavy atom. The number of hydrogen-bond donors (Lipinski definition) is 1. The molecule has 1 aromatic carbocycles. The highest BCUT2D eigenvalue weighted by molar-refractivity contribution is 5.88. The summed E-state index contributed by atoms with van der Waals surface area (Å²) in [5.74, 6) is -0.838. The summed E-state index contributed by atoms with van der Waals surface area (Å²) in [5, 5.41) is 2.73. The van der Waals surface area contributed by atoms with Gasteiger partial charge in [0.15, 0.2) is 0 Å². The summed E-state index contributed by atoms with van der Waals surface area (Å²) in [7, 11) is 1.72. The van der Waals surface area contributed by atoms with Crippen molar-refractivity contribution in [1.82, 2.24) is 14.8 Å². The maximum atomic E-state index is 13.4. The first-order valence-corrected chi connectivity index (χ1v) is 9.61. The van der Waals surface area contributed by atoms with Crippen molar-refractivity contribution in [2.24, 2.45) is 0 Å². The number of carbonyl (C=O) groups is 2. The molecule has 0 bridgehead atoms. The van der Waals surface area contributed by atoms with Crippen molar-refractivity contribution >= 4 is 17.8 Å². The van der Waals surface area contributed by atoms with Gasteiger partial charge in [-0.3, -0.25) is 10.1 Å². The van der Waals surface area contributed by atoms with Gasteiger partial charge in [-0.15, -0.1) is 0 Å². The lowest BCUT2D eigenvalue weighted by molar-refractivity contribution is -0.132. The minimum atomic E-state index is -0.661. The van der Waals surface area contributed by atoms with E-state index < -0.39 is 11.6 Å². The Bertz CT molecular complexity index is 860. The fourth-order valence-electron chi connectivity index (χ4n) is 3.45. The third-order valence-corrected chi connectivity index (χ3v) is 5.18. The number of aromatic nitrogens is 1. The number of benzene rings is 1. The lowest BCUT2D eigenvalue weighted by Gasteiger charge is -2.36. The fraction of sp³-hybridized carbons (Fsp3) is 0.381. The molecule has 3 amide bonds. The first-order valence-electron chi connectivity index (χ1n) is 9.61. The highest BCUT2D eigenvalue weighted by Gasteiger charge is 2.27. The maximum absolute atomic E-state index is 13.4. The van der Waals surface area contributed by atoms with E-state index in [4.69, 9.17) is 0 Å². The molecule has 29 heavy (non-hydrogen) atoms. The molecule has 1 aliphatic heterocycles. The van der Waals surface area contributed by atoms with Crippen molar-refractivity contribution in [2.45, 2.75) is 32.2 Å². The monoisotopic (exact) mass is 402 g/mol. The Kier molecular flexibility index (Phi) is 6.41. The second-order valence-corrected chi connectivity index (χ2v) is 7.10. The standard InChI is InChI=1S/C21H24F2N4O2/c1-3-20(28)27-8-6-18(7-9-27)26(2)21(29)25-19-5-4-14(13-24-19)15-10-16(22)12-17(23)11-15/h4-5,10-13,18H,3,6-9H2,1-2H3,(H,24,25,29). The first kappa shape index (κ1) is 20.7. The quantitative estimate of drug-likeness (QED) is 0.844. The van der Waals surface area contributed by atoms with E-state index in [2.05, 4.69) is 10.3 Å². The van der Waals surface area contributed by atoms with Crippen LogP contribution in [0.1, 0.15) is 26.2 Å². The molecule has 2 aromatic rings. The van der Waals surface area contributed by atoms with E-state index in [-0.39, 0.29) is 18.0 Å². The van der Waals surface area contributed by atoms with Crippen LogP contribution in [0.5, 0.6) is 0 Å². The molecule has 0 saturated carbocycles. The van der Waals surface area contributed by atoms with Crippen molar-refractivity contribution in [3.05, 3.63) is 48.2 Å². The predicted octanol–water partition coefficient (Wildman–Crippen LogP) is 3.89. The fourth-order valence-corrected chi connectivity index (χ4v) is 3.45. The number of hydrogen-bond acceptors (Lipinski definition) is 3. The third-order valence-electron chi connectivity index (χ3n) is 5.18. The van der Waals surface area contributed by atoms with Gasteiger partial charge in [-0.25, -0.2) is 18.6 Å². The van der Waals surface area contributed by atoms with Gasteiger partial charge in [0, 0.05) is 50.4 Å².